The topological polar surface area (TPSA) is 72.3 Å². The van der Waals surface area contributed by atoms with Gasteiger partial charge >= 0.3 is 6.03 Å². The van der Waals surface area contributed by atoms with Crippen LogP contribution in [0.25, 0.3) is 11.0 Å². The molecule has 1 atom stereocenters. The van der Waals surface area contributed by atoms with Gasteiger partial charge in [0, 0.05) is 31.0 Å². The fourth-order valence-corrected chi connectivity index (χ4v) is 4.46. The first kappa shape index (κ1) is 21.0. The van der Waals surface area contributed by atoms with Gasteiger partial charge in [0.15, 0.2) is 0 Å². The van der Waals surface area contributed by atoms with Crippen molar-refractivity contribution in [1.29, 1.82) is 0 Å². The van der Waals surface area contributed by atoms with Gasteiger partial charge in [0.05, 0.1) is 22.8 Å². The molecule has 1 aliphatic heterocycles. The Morgan fingerprint density at radius 3 is 2.85 bits per heavy atom. The Morgan fingerprint density at radius 1 is 1.12 bits per heavy atom. The van der Waals surface area contributed by atoms with Crippen LogP contribution < -0.4 is 10.1 Å². The van der Waals surface area contributed by atoms with Gasteiger partial charge in [-0.1, -0.05) is 24.3 Å². The molecule has 3 heterocycles. The number of hydrogen-bond donors (Lipinski definition) is 1. The van der Waals surface area contributed by atoms with E-state index in [1.165, 1.54) is 0 Å². The van der Waals surface area contributed by atoms with Crippen LogP contribution in [-0.2, 0) is 13.2 Å². The van der Waals surface area contributed by atoms with E-state index in [0.29, 0.717) is 24.6 Å². The zero-order valence-corrected chi connectivity index (χ0v) is 18.6. The maximum atomic E-state index is 13.2. The van der Waals surface area contributed by atoms with E-state index in [-0.39, 0.29) is 12.1 Å². The quantitative estimate of drug-likeness (QED) is 0.435. The molecule has 1 aliphatic rings. The Labute approximate surface area is 193 Å². The number of nitrogens with zero attached hydrogens (tertiary/aromatic N) is 4. The zero-order valence-electron chi connectivity index (χ0n) is 18.6. The van der Waals surface area contributed by atoms with Crippen LogP contribution in [0.3, 0.4) is 0 Å². The number of imidazole rings is 1. The summed E-state index contributed by atoms with van der Waals surface area (Å²) in [6.07, 6.45) is 3.61. The van der Waals surface area contributed by atoms with Crippen molar-refractivity contribution in [2.24, 2.45) is 0 Å². The van der Waals surface area contributed by atoms with Gasteiger partial charge in [0.1, 0.15) is 18.2 Å². The summed E-state index contributed by atoms with van der Waals surface area (Å²) in [5, 5.41) is 3.05. The van der Waals surface area contributed by atoms with Crippen molar-refractivity contribution >= 4 is 22.8 Å². The van der Waals surface area contributed by atoms with Gasteiger partial charge in [-0.3, -0.25) is 4.98 Å². The molecular weight excluding hydrogens is 414 g/mol. The van der Waals surface area contributed by atoms with E-state index in [1.807, 2.05) is 65.6 Å². The molecule has 7 nitrogen and oxygen atoms in total. The standard InChI is InChI=1S/C26H27N5O2/c1-2-30-23-13-4-3-12-22(23)29-25(30)24-14-8-16-31(24)26(32)28-19-10-7-11-21(17-19)33-18-20-9-5-6-15-27-20/h3-7,9-13,15,17,24H,2,8,14,16,18H2,1H3,(H,28,32). The van der Waals surface area contributed by atoms with Crippen molar-refractivity contribution in [2.75, 3.05) is 11.9 Å². The fourth-order valence-electron chi connectivity index (χ4n) is 4.46. The molecular formula is C26H27N5O2. The number of aryl methyl sites for hydroxylation is 1. The van der Waals surface area contributed by atoms with E-state index in [1.54, 1.807) is 6.20 Å². The number of aromatic nitrogens is 3. The van der Waals surface area contributed by atoms with Gasteiger partial charge < -0.3 is 19.5 Å². The van der Waals surface area contributed by atoms with Crippen LogP contribution in [0, 0.1) is 0 Å². The van der Waals surface area contributed by atoms with Crippen molar-refractivity contribution in [2.45, 2.75) is 39.0 Å². The molecule has 0 spiro atoms. The molecule has 2 amide bonds. The third kappa shape index (κ3) is 4.39. The number of hydrogen-bond acceptors (Lipinski definition) is 4. The second kappa shape index (κ2) is 9.32. The molecule has 7 heteroatoms. The number of anilines is 1. The lowest BCUT2D eigenvalue weighted by molar-refractivity contribution is 0.204. The summed E-state index contributed by atoms with van der Waals surface area (Å²) >= 11 is 0. The predicted molar refractivity (Wildman–Crippen MR) is 128 cm³/mol. The third-order valence-corrected chi connectivity index (χ3v) is 6.01. The lowest BCUT2D eigenvalue weighted by Gasteiger charge is -2.25. The van der Waals surface area contributed by atoms with Gasteiger partial charge in [-0.25, -0.2) is 9.78 Å². The molecule has 0 saturated carbocycles. The average Bonchev–Trinajstić information content (AvgIpc) is 3.48. The summed E-state index contributed by atoms with van der Waals surface area (Å²) in [5.74, 6) is 1.64. The number of carbonyl (C=O) groups excluding carboxylic acids is 1. The number of rotatable bonds is 6. The molecule has 1 saturated heterocycles. The number of carbonyl (C=O) groups is 1. The summed E-state index contributed by atoms with van der Waals surface area (Å²) < 4.78 is 8.07. The molecule has 2 aromatic heterocycles. The summed E-state index contributed by atoms with van der Waals surface area (Å²) in [5.41, 5.74) is 3.64. The summed E-state index contributed by atoms with van der Waals surface area (Å²) in [6.45, 7) is 4.02. The number of nitrogens with one attached hydrogen (secondary N) is 1. The van der Waals surface area contributed by atoms with Gasteiger partial charge in [-0.15, -0.1) is 0 Å². The molecule has 0 bridgehead atoms. The van der Waals surface area contributed by atoms with E-state index >= 15 is 0 Å². The second-order valence-electron chi connectivity index (χ2n) is 8.12. The largest absolute Gasteiger partial charge is 0.487 e. The monoisotopic (exact) mass is 441 g/mol. The van der Waals surface area contributed by atoms with Crippen molar-refractivity contribution in [3.05, 3.63) is 84.4 Å². The molecule has 2 aromatic carbocycles. The van der Waals surface area contributed by atoms with Crippen molar-refractivity contribution in [3.63, 3.8) is 0 Å². The number of amides is 2. The minimum atomic E-state index is -0.117. The number of likely N-dealkylation sites (tertiary alicyclic amines) is 1. The van der Waals surface area contributed by atoms with Gasteiger partial charge in [-0.2, -0.15) is 0 Å². The van der Waals surface area contributed by atoms with Crippen molar-refractivity contribution in [1.82, 2.24) is 19.4 Å². The fraction of sp³-hybridized carbons (Fsp3) is 0.269. The van der Waals surface area contributed by atoms with Crippen LogP contribution in [0.2, 0.25) is 0 Å². The Balaban J connectivity index is 1.31. The average molecular weight is 442 g/mol. The highest BCUT2D eigenvalue weighted by Crippen LogP contribution is 2.34. The molecule has 1 unspecified atom stereocenters. The predicted octanol–water partition coefficient (Wildman–Crippen LogP) is 5.40. The first-order chi connectivity index (χ1) is 16.2. The zero-order chi connectivity index (χ0) is 22.6. The lowest BCUT2D eigenvalue weighted by Crippen LogP contribution is -2.35. The lowest BCUT2D eigenvalue weighted by atomic mass is 10.2. The molecule has 0 aliphatic carbocycles. The highest BCUT2D eigenvalue weighted by Gasteiger charge is 2.33. The minimum absolute atomic E-state index is 0.0408. The number of pyridine rings is 1. The molecule has 1 fully saturated rings. The first-order valence-corrected chi connectivity index (χ1v) is 11.4. The van der Waals surface area contributed by atoms with Crippen LogP contribution >= 0.6 is 0 Å². The Morgan fingerprint density at radius 2 is 2.00 bits per heavy atom. The number of ether oxygens (including phenoxy) is 1. The van der Waals surface area contributed by atoms with Crippen LogP contribution in [0.4, 0.5) is 10.5 Å². The number of fused-ring (bicyclic) bond motifs is 1. The maximum absolute atomic E-state index is 13.2. The van der Waals surface area contributed by atoms with Crippen LogP contribution in [0.5, 0.6) is 5.75 Å². The van der Waals surface area contributed by atoms with E-state index in [9.17, 15) is 4.79 Å². The molecule has 33 heavy (non-hydrogen) atoms. The van der Waals surface area contributed by atoms with E-state index in [2.05, 4.69) is 27.9 Å². The molecule has 0 radical (unpaired) electrons. The third-order valence-electron chi connectivity index (χ3n) is 6.01. The number of benzene rings is 2. The number of para-hydroxylation sites is 2. The summed E-state index contributed by atoms with van der Waals surface area (Å²) in [7, 11) is 0. The molecule has 4 aromatic rings. The highest BCUT2D eigenvalue weighted by molar-refractivity contribution is 5.90. The van der Waals surface area contributed by atoms with Gasteiger partial charge in [0.2, 0.25) is 0 Å². The number of urea groups is 1. The van der Waals surface area contributed by atoms with E-state index in [4.69, 9.17) is 9.72 Å². The van der Waals surface area contributed by atoms with Crippen molar-refractivity contribution < 1.29 is 9.53 Å². The molecule has 168 valence electrons. The summed E-state index contributed by atoms with van der Waals surface area (Å²) in [4.78, 5) is 24.3. The van der Waals surface area contributed by atoms with Gasteiger partial charge in [-0.05, 0) is 56.2 Å². The second-order valence-corrected chi connectivity index (χ2v) is 8.12. The highest BCUT2D eigenvalue weighted by atomic mass is 16.5. The normalized spacial score (nSPS) is 15.7. The van der Waals surface area contributed by atoms with E-state index < -0.39 is 0 Å². The smallest absolute Gasteiger partial charge is 0.322 e. The SMILES string of the molecule is CCn1c(C2CCCN2C(=O)Nc2cccc(OCc3ccccn3)c2)nc2ccccc21. The van der Waals surface area contributed by atoms with Gasteiger partial charge in [0.25, 0.3) is 0 Å². The Hall–Kier alpha value is -3.87. The first-order valence-electron chi connectivity index (χ1n) is 11.4. The van der Waals surface area contributed by atoms with Crippen LogP contribution in [0.1, 0.15) is 37.3 Å². The van der Waals surface area contributed by atoms with E-state index in [0.717, 1.165) is 41.9 Å². The molecule has 5 rings (SSSR count). The van der Waals surface area contributed by atoms with Crippen molar-refractivity contribution in [3.8, 4) is 5.75 Å². The maximum Gasteiger partial charge on any atom is 0.322 e. The Bertz CT molecular complexity index is 1250. The molecule has 1 N–H and O–H groups in total. The summed E-state index contributed by atoms with van der Waals surface area (Å²) in [6, 6.07) is 21.2. The van der Waals surface area contributed by atoms with Crippen LogP contribution in [-0.4, -0.2) is 32.0 Å². The Kier molecular flexibility index (Phi) is 5.93. The van der Waals surface area contributed by atoms with Crippen LogP contribution in [0.15, 0.2) is 72.9 Å². The minimum Gasteiger partial charge on any atom is -0.487 e.